The van der Waals surface area contributed by atoms with E-state index in [1.807, 2.05) is 18.2 Å². The quantitative estimate of drug-likeness (QED) is 0.588. The van der Waals surface area contributed by atoms with Gasteiger partial charge in [0, 0.05) is 17.4 Å². The topological polar surface area (TPSA) is 70.9 Å². The number of amides is 1. The zero-order chi connectivity index (χ0) is 17.8. The number of benzene rings is 2. The van der Waals surface area contributed by atoms with Crippen LogP contribution in [0.1, 0.15) is 16.9 Å². The van der Waals surface area contributed by atoms with E-state index in [4.69, 9.17) is 17.3 Å². The van der Waals surface area contributed by atoms with Crippen LogP contribution < -0.4 is 11.1 Å². The highest BCUT2D eigenvalue weighted by Crippen LogP contribution is 2.25. The molecule has 0 radical (unpaired) electrons. The van der Waals surface area contributed by atoms with Crippen LogP contribution in [0.5, 0.6) is 0 Å². The second-order valence-corrected chi connectivity index (χ2v) is 6.49. The first kappa shape index (κ1) is 17.5. The molecule has 4 nitrogen and oxygen atoms in total. The summed E-state index contributed by atoms with van der Waals surface area (Å²) in [6.07, 6.45) is 0.648. The van der Waals surface area contributed by atoms with Crippen molar-refractivity contribution in [3.05, 3.63) is 60.0 Å². The number of halogens is 2. The molecule has 4 N–H and O–H groups in total. The Morgan fingerprint density at radius 1 is 1.16 bits per heavy atom. The van der Waals surface area contributed by atoms with Crippen LogP contribution in [-0.4, -0.2) is 29.4 Å². The van der Waals surface area contributed by atoms with Crippen molar-refractivity contribution in [3.8, 4) is 11.1 Å². The van der Waals surface area contributed by atoms with Gasteiger partial charge in [0.2, 0.25) is 0 Å². The standard InChI is InChI=1S/C19H19ClFN3O/c20-15(7-8-22)11-23-19(25)18-10-14-2-1-13(9-17(14)24-18)12-3-5-16(21)6-4-12/h1-6,9-10,15,24H,7-8,11,22H2,(H,23,25)/t15-/m0/s1. The Labute approximate surface area is 150 Å². The second kappa shape index (κ2) is 7.68. The number of carbonyl (C=O) groups is 1. The van der Waals surface area contributed by atoms with E-state index in [0.717, 1.165) is 22.0 Å². The molecule has 0 saturated heterocycles. The minimum atomic E-state index is -0.268. The third-order valence-electron chi connectivity index (χ3n) is 4.01. The molecule has 1 atom stereocenters. The molecule has 25 heavy (non-hydrogen) atoms. The number of carbonyl (C=O) groups excluding carboxylic acids is 1. The van der Waals surface area contributed by atoms with E-state index in [1.165, 1.54) is 12.1 Å². The molecule has 0 spiro atoms. The molecule has 3 aromatic rings. The monoisotopic (exact) mass is 359 g/mol. The molecule has 0 aliphatic carbocycles. The normalized spacial score (nSPS) is 12.3. The summed E-state index contributed by atoms with van der Waals surface area (Å²) in [5.41, 5.74) is 8.62. The van der Waals surface area contributed by atoms with Gasteiger partial charge in [0.25, 0.3) is 5.91 Å². The fraction of sp³-hybridized carbons (Fsp3) is 0.211. The van der Waals surface area contributed by atoms with Crippen LogP contribution in [0.4, 0.5) is 4.39 Å². The number of alkyl halides is 1. The lowest BCUT2D eigenvalue weighted by molar-refractivity contribution is 0.0949. The lowest BCUT2D eigenvalue weighted by Gasteiger charge is -2.08. The first-order chi connectivity index (χ1) is 12.1. The third-order valence-corrected chi connectivity index (χ3v) is 4.38. The number of aromatic nitrogens is 1. The van der Waals surface area contributed by atoms with Gasteiger partial charge in [0.1, 0.15) is 11.5 Å². The molecule has 130 valence electrons. The summed E-state index contributed by atoms with van der Waals surface area (Å²) in [4.78, 5) is 15.4. The third kappa shape index (κ3) is 4.18. The second-order valence-electron chi connectivity index (χ2n) is 5.88. The van der Waals surface area contributed by atoms with Gasteiger partial charge in [-0.3, -0.25) is 4.79 Å². The number of hydrogen-bond donors (Lipinski definition) is 3. The minimum absolute atomic E-state index is 0.177. The first-order valence-corrected chi connectivity index (χ1v) is 8.51. The molecule has 0 unspecified atom stereocenters. The molecular formula is C19H19ClFN3O. The maximum Gasteiger partial charge on any atom is 0.267 e. The average molecular weight is 360 g/mol. The Morgan fingerprint density at radius 2 is 1.88 bits per heavy atom. The first-order valence-electron chi connectivity index (χ1n) is 8.08. The molecule has 2 aromatic carbocycles. The lowest BCUT2D eigenvalue weighted by atomic mass is 10.0. The van der Waals surface area contributed by atoms with Gasteiger partial charge in [-0.1, -0.05) is 24.3 Å². The van der Waals surface area contributed by atoms with Gasteiger partial charge >= 0.3 is 0 Å². The van der Waals surface area contributed by atoms with Crippen molar-refractivity contribution in [3.63, 3.8) is 0 Å². The van der Waals surface area contributed by atoms with Crippen LogP contribution in [0.3, 0.4) is 0 Å². The number of nitrogens with two attached hydrogens (primary N) is 1. The molecule has 3 rings (SSSR count). The van der Waals surface area contributed by atoms with E-state index in [0.29, 0.717) is 25.2 Å². The zero-order valence-electron chi connectivity index (χ0n) is 13.6. The predicted octanol–water partition coefficient (Wildman–Crippen LogP) is 3.66. The van der Waals surface area contributed by atoms with Crippen LogP contribution in [-0.2, 0) is 0 Å². The minimum Gasteiger partial charge on any atom is -0.351 e. The Kier molecular flexibility index (Phi) is 5.36. The van der Waals surface area contributed by atoms with Crippen molar-refractivity contribution in [2.45, 2.75) is 11.8 Å². The van der Waals surface area contributed by atoms with Gasteiger partial charge in [-0.15, -0.1) is 11.6 Å². The highest BCUT2D eigenvalue weighted by molar-refractivity contribution is 6.21. The summed E-state index contributed by atoms with van der Waals surface area (Å²) >= 11 is 6.06. The molecule has 0 bridgehead atoms. The van der Waals surface area contributed by atoms with Crippen LogP contribution in [0.15, 0.2) is 48.5 Å². The Morgan fingerprint density at radius 3 is 2.60 bits per heavy atom. The SMILES string of the molecule is NCC[C@H](Cl)CNC(=O)c1cc2ccc(-c3ccc(F)cc3)cc2[nH]1. The highest BCUT2D eigenvalue weighted by atomic mass is 35.5. The van der Waals surface area contributed by atoms with Gasteiger partial charge in [-0.25, -0.2) is 4.39 Å². The summed E-state index contributed by atoms with van der Waals surface area (Å²) in [5, 5.41) is 3.55. The highest BCUT2D eigenvalue weighted by Gasteiger charge is 2.12. The Hall–Kier alpha value is -2.37. The van der Waals surface area contributed by atoms with Gasteiger partial charge < -0.3 is 16.0 Å². The zero-order valence-corrected chi connectivity index (χ0v) is 14.3. The van der Waals surface area contributed by atoms with E-state index in [9.17, 15) is 9.18 Å². The molecule has 1 aromatic heterocycles. The van der Waals surface area contributed by atoms with Crippen LogP contribution >= 0.6 is 11.6 Å². The largest absolute Gasteiger partial charge is 0.351 e. The molecule has 0 fully saturated rings. The van der Waals surface area contributed by atoms with Crippen molar-refractivity contribution in [2.75, 3.05) is 13.1 Å². The maximum atomic E-state index is 13.1. The van der Waals surface area contributed by atoms with Crippen molar-refractivity contribution in [2.24, 2.45) is 5.73 Å². The van der Waals surface area contributed by atoms with Gasteiger partial charge in [0.05, 0.1) is 5.38 Å². The van der Waals surface area contributed by atoms with E-state index in [1.54, 1.807) is 18.2 Å². The summed E-state index contributed by atoms with van der Waals surface area (Å²) in [6, 6.07) is 13.9. The van der Waals surface area contributed by atoms with E-state index in [-0.39, 0.29) is 17.1 Å². The number of hydrogen-bond acceptors (Lipinski definition) is 2. The number of fused-ring (bicyclic) bond motifs is 1. The Bertz CT molecular complexity index is 876. The van der Waals surface area contributed by atoms with E-state index < -0.39 is 0 Å². The smallest absolute Gasteiger partial charge is 0.267 e. The van der Waals surface area contributed by atoms with Crippen LogP contribution in [0.2, 0.25) is 0 Å². The van der Waals surface area contributed by atoms with E-state index >= 15 is 0 Å². The summed E-state index contributed by atoms with van der Waals surface area (Å²) in [6.45, 7) is 0.858. The van der Waals surface area contributed by atoms with Crippen LogP contribution in [0, 0.1) is 5.82 Å². The Balaban J connectivity index is 1.78. The lowest BCUT2D eigenvalue weighted by Crippen LogP contribution is -2.30. The fourth-order valence-electron chi connectivity index (χ4n) is 2.65. The van der Waals surface area contributed by atoms with Crippen molar-refractivity contribution in [1.82, 2.24) is 10.3 Å². The molecule has 6 heteroatoms. The van der Waals surface area contributed by atoms with Gasteiger partial charge in [-0.05, 0) is 48.4 Å². The summed E-state index contributed by atoms with van der Waals surface area (Å²) in [5.74, 6) is -0.474. The number of H-pyrrole nitrogens is 1. The fourth-order valence-corrected chi connectivity index (χ4v) is 2.86. The summed E-state index contributed by atoms with van der Waals surface area (Å²) in [7, 11) is 0. The van der Waals surface area contributed by atoms with Crippen LogP contribution in [0.25, 0.3) is 22.0 Å². The molecular weight excluding hydrogens is 341 g/mol. The number of nitrogens with one attached hydrogen (secondary N) is 2. The summed E-state index contributed by atoms with van der Waals surface area (Å²) < 4.78 is 13.1. The maximum absolute atomic E-state index is 13.1. The molecule has 0 saturated carbocycles. The van der Waals surface area contributed by atoms with Gasteiger partial charge in [-0.2, -0.15) is 0 Å². The van der Waals surface area contributed by atoms with Crippen molar-refractivity contribution in [1.29, 1.82) is 0 Å². The molecule has 1 amide bonds. The average Bonchev–Trinajstić information content (AvgIpc) is 3.04. The number of rotatable bonds is 6. The molecule has 0 aliphatic rings. The van der Waals surface area contributed by atoms with Crippen molar-refractivity contribution >= 4 is 28.4 Å². The molecule has 1 heterocycles. The molecule has 0 aliphatic heterocycles. The van der Waals surface area contributed by atoms with Gasteiger partial charge in [0.15, 0.2) is 0 Å². The van der Waals surface area contributed by atoms with E-state index in [2.05, 4.69) is 10.3 Å². The van der Waals surface area contributed by atoms with Crippen molar-refractivity contribution < 1.29 is 9.18 Å². The predicted molar refractivity (Wildman–Crippen MR) is 99.3 cm³/mol. The number of aromatic amines is 1.